The number of rotatable bonds is 3. The highest BCUT2D eigenvalue weighted by Gasteiger charge is 2.52. The predicted molar refractivity (Wildman–Crippen MR) is 48.6 cm³/mol. The van der Waals surface area contributed by atoms with Crippen LogP contribution in [-0.4, -0.2) is 23.2 Å². The molecule has 1 aliphatic rings. The molecular formula is C10H15F3O2. The molecule has 0 spiro atoms. The van der Waals surface area contributed by atoms with Crippen LogP contribution in [0.3, 0.4) is 0 Å². The minimum atomic E-state index is -4.25. The van der Waals surface area contributed by atoms with Crippen LogP contribution in [0.2, 0.25) is 0 Å². The maximum atomic E-state index is 13.4. The van der Waals surface area contributed by atoms with Crippen molar-refractivity contribution in [2.45, 2.75) is 44.7 Å². The Hall–Kier alpha value is -0.740. The monoisotopic (exact) mass is 224 g/mol. The first-order valence-corrected chi connectivity index (χ1v) is 5.11. The van der Waals surface area contributed by atoms with Crippen LogP contribution < -0.4 is 0 Å². The fraction of sp³-hybridized carbons (Fsp3) is 0.900. The maximum absolute atomic E-state index is 13.4. The summed E-state index contributed by atoms with van der Waals surface area (Å²) in [5, 5.41) is 8.22. The van der Waals surface area contributed by atoms with Crippen LogP contribution >= 0.6 is 0 Å². The maximum Gasteiger partial charge on any atom is 0.377 e. The van der Waals surface area contributed by atoms with E-state index in [9.17, 15) is 18.0 Å². The molecule has 0 aromatic heterocycles. The van der Waals surface area contributed by atoms with Crippen molar-refractivity contribution in [3.8, 4) is 0 Å². The van der Waals surface area contributed by atoms with E-state index in [1.807, 2.05) is 6.92 Å². The predicted octanol–water partition coefficient (Wildman–Crippen LogP) is 2.87. The first kappa shape index (κ1) is 12.3. The third kappa shape index (κ3) is 2.63. The number of aliphatic carboxylic acids is 1. The molecule has 15 heavy (non-hydrogen) atoms. The van der Waals surface area contributed by atoms with Crippen molar-refractivity contribution in [1.82, 2.24) is 0 Å². The van der Waals surface area contributed by atoms with Crippen LogP contribution in [-0.2, 0) is 4.79 Å². The summed E-state index contributed by atoms with van der Waals surface area (Å²) in [6.07, 6.45) is -0.250. The SMILES string of the molecule is CC1CCCC(C(F)C(F)(F)C(=O)O)C1. The van der Waals surface area contributed by atoms with Crippen LogP contribution in [0.15, 0.2) is 0 Å². The molecule has 0 aromatic carbocycles. The van der Waals surface area contributed by atoms with Gasteiger partial charge in [0.1, 0.15) is 0 Å². The first-order valence-electron chi connectivity index (χ1n) is 5.11. The third-order valence-corrected chi connectivity index (χ3v) is 3.02. The van der Waals surface area contributed by atoms with Gasteiger partial charge in [-0.2, -0.15) is 8.78 Å². The number of carboxylic acids is 1. The van der Waals surface area contributed by atoms with Gasteiger partial charge in [0.2, 0.25) is 0 Å². The second-order valence-corrected chi connectivity index (χ2v) is 4.36. The fourth-order valence-electron chi connectivity index (χ4n) is 2.16. The zero-order chi connectivity index (χ0) is 11.6. The highest BCUT2D eigenvalue weighted by molar-refractivity contribution is 5.76. The minimum Gasteiger partial charge on any atom is -0.477 e. The summed E-state index contributed by atoms with van der Waals surface area (Å²) in [5.41, 5.74) is 0. The summed E-state index contributed by atoms with van der Waals surface area (Å²) >= 11 is 0. The Balaban J connectivity index is 2.66. The summed E-state index contributed by atoms with van der Waals surface area (Å²) in [5.74, 6) is -7.23. The first-order chi connectivity index (χ1) is 6.85. The number of carbonyl (C=O) groups is 1. The lowest BCUT2D eigenvalue weighted by molar-refractivity contribution is -0.180. The highest BCUT2D eigenvalue weighted by atomic mass is 19.3. The molecule has 3 atom stereocenters. The second-order valence-electron chi connectivity index (χ2n) is 4.36. The number of halogens is 3. The van der Waals surface area contributed by atoms with Gasteiger partial charge in [-0.25, -0.2) is 9.18 Å². The van der Waals surface area contributed by atoms with Crippen molar-refractivity contribution in [2.24, 2.45) is 11.8 Å². The number of carboxylic acid groups (broad SMARTS) is 1. The zero-order valence-electron chi connectivity index (χ0n) is 8.55. The van der Waals surface area contributed by atoms with E-state index < -0.39 is 24.0 Å². The third-order valence-electron chi connectivity index (χ3n) is 3.02. The molecular weight excluding hydrogens is 209 g/mol. The Morgan fingerprint density at radius 1 is 1.47 bits per heavy atom. The molecule has 3 unspecified atom stereocenters. The van der Waals surface area contributed by atoms with E-state index in [1.165, 1.54) is 0 Å². The average molecular weight is 224 g/mol. The van der Waals surface area contributed by atoms with Gasteiger partial charge in [0.25, 0.3) is 0 Å². The molecule has 5 heteroatoms. The lowest BCUT2D eigenvalue weighted by atomic mass is 9.78. The van der Waals surface area contributed by atoms with Crippen LogP contribution in [0.1, 0.15) is 32.6 Å². The number of hydrogen-bond acceptors (Lipinski definition) is 1. The highest BCUT2D eigenvalue weighted by Crippen LogP contribution is 2.38. The second kappa shape index (κ2) is 4.41. The minimum absolute atomic E-state index is 0.201. The van der Waals surface area contributed by atoms with Crippen LogP contribution in [0.4, 0.5) is 13.2 Å². The van der Waals surface area contributed by atoms with Crippen LogP contribution in [0, 0.1) is 11.8 Å². The molecule has 1 saturated carbocycles. The Labute approximate surface area is 86.5 Å². The van der Waals surface area contributed by atoms with E-state index >= 15 is 0 Å². The largest absolute Gasteiger partial charge is 0.477 e. The van der Waals surface area contributed by atoms with Gasteiger partial charge in [0.15, 0.2) is 6.17 Å². The molecule has 2 nitrogen and oxygen atoms in total. The van der Waals surface area contributed by atoms with Gasteiger partial charge in [-0.15, -0.1) is 0 Å². The fourth-order valence-corrected chi connectivity index (χ4v) is 2.16. The van der Waals surface area contributed by atoms with Gasteiger partial charge in [0.05, 0.1) is 0 Å². The van der Waals surface area contributed by atoms with E-state index in [0.717, 1.165) is 6.42 Å². The van der Waals surface area contributed by atoms with Gasteiger partial charge in [-0.3, -0.25) is 0 Å². The van der Waals surface area contributed by atoms with Crippen molar-refractivity contribution in [3.63, 3.8) is 0 Å². The topological polar surface area (TPSA) is 37.3 Å². The molecule has 0 amide bonds. The lowest BCUT2D eigenvalue weighted by Gasteiger charge is -2.31. The standard InChI is InChI=1S/C10H15F3O2/c1-6-3-2-4-7(5-6)8(11)10(12,13)9(14)15/h6-8H,2-5H2,1H3,(H,14,15). The Bertz CT molecular complexity index is 243. The smallest absolute Gasteiger partial charge is 0.377 e. The van der Waals surface area contributed by atoms with Crippen LogP contribution in [0.25, 0.3) is 0 Å². The van der Waals surface area contributed by atoms with E-state index in [0.29, 0.717) is 19.3 Å². The van der Waals surface area contributed by atoms with E-state index in [2.05, 4.69) is 0 Å². The molecule has 88 valence electrons. The van der Waals surface area contributed by atoms with E-state index in [4.69, 9.17) is 5.11 Å². The Morgan fingerprint density at radius 3 is 2.53 bits per heavy atom. The molecule has 1 fully saturated rings. The van der Waals surface area contributed by atoms with Crippen LogP contribution in [0.5, 0.6) is 0 Å². The number of hydrogen-bond donors (Lipinski definition) is 1. The summed E-state index contributed by atoms with van der Waals surface area (Å²) < 4.78 is 39.1. The molecule has 0 radical (unpaired) electrons. The molecule has 0 aromatic rings. The van der Waals surface area contributed by atoms with Crippen molar-refractivity contribution >= 4 is 5.97 Å². The average Bonchev–Trinajstić information content (AvgIpc) is 2.16. The Kier molecular flexibility index (Phi) is 3.62. The summed E-state index contributed by atoms with van der Waals surface area (Å²) in [6, 6.07) is 0. The molecule has 0 aliphatic heterocycles. The summed E-state index contributed by atoms with van der Waals surface area (Å²) in [4.78, 5) is 10.2. The Morgan fingerprint density at radius 2 is 2.07 bits per heavy atom. The number of alkyl halides is 3. The van der Waals surface area contributed by atoms with Gasteiger partial charge >= 0.3 is 11.9 Å². The molecule has 0 heterocycles. The quantitative estimate of drug-likeness (QED) is 0.800. The molecule has 0 saturated heterocycles. The van der Waals surface area contributed by atoms with Crippen molar-refractivity contribution in [1.29, 1.82) is 0 Å². The zero-order valence-corrected chi connectivity index (χ0v) is 8.55. The van der Waals surface area contributed by atoms with Crippen molar-refractivity contribution in [3.05, 3.63) is 0 Å². The lowest BCUT2D eigenvalue weighted by Crippen LogP contribution is -2.44. The van der Waals surface area contributed by atoms with E-state index in [1.54, 1.807) is 0 Å². The molecule has 1 rings (SSSR count). The van der Waals surface area contributed by atoms with Gasteiger partial charge in [-0.05, 0) is 24.7 Å². The van der Waals surface area contributed by atoms with Gasteiger partial charge in [-0.1, -0.05) is 19.8 Å². The van der Waals surface area contributed by atoms with Crippen molar-refractivity contribution < 1.29 is 23.1 Å². The molecule has 1 aliphatic carbocycles. The van der Waals surface area contributed by atoms with Gasteiger partial charge in [0, 0.05) is 0 Å². The van der Waals surface area contributed by atoms with Gasteiger partial charge < -0.3 is 5.11 Å². The molecule has 0 bridgehead atoms. The van der Waals surface area contributed by atoms with Crippen molar-refractivity contribution in [2.75, 3.05) is 0 Å². The summed E-state index contributed by atoms with van der Waals surface area (Å²) in [7, 11) is 0. The normalized spacial score (nSPS) is 29.9. The molecule has 1 N–H and O–H groups in total. The summed E-state index contributed by atoms with van der Waals surface area (Å²) in [6.45, 7) is 1.87. The van der Waals surface area contributed by atoms with E-state index in [-0.39, 0.29) is 5.92 Å².